The Hall–Kier alpha value is -1.75. The molecule has 4 rings (SSSR count). The van der Waals surface area contributed by atoms with Crippen molar-refractivity contribution in [2.75, 3.05) is 5.32 Å². The number of benzene rings is 1. The van der Waals surface area contributed by atoms with Gasteiger partial charge in [0.15, 0.2) is 0 Å². The second-order valence-corrected chi connectivity index (χ2v) is 7.01. The average molecular weight is 299 g/mol. The molecular weight excluding hydrogens is 282 g/mol. The van der Waals surface area contributed by atoms with E-state index in [9.17, 15) is 4.79 Å². The van der Waals surface area contributed by atoms with E-state index in [-0.39, 0.29) is 17.2 Å². The van der Waals surface area contributed by atoms with Gasteiger partial charge in [0.25, 0.3) is 0 Å². The van der Waals surface area contributed by atoms with Crippen LogP contribution in [-0.2, 0) is 10.2 Å². The number of hydrogen-bond donors (Lipinski definition) is 1. The van der Waals surface area contributed by atoms with Crippen molar-refractivity contribution in [2.45, 2.75) is 37.5 Å². The molecule has 1 heterocycles. The van der Waals surface area contributed by atoms with Crippen LogP contribution in [0.2, 0.25) is 0 Å². The Balaban J connectivity index is 1.44. The van der Waals surface area contributed by atoms with E-state index < -0.39 is 0 Å². The molecule has 0 radical (unpaired) electrons. The fourth-order valence-corrected chi connectivity index (χ4v) is 3.52. The van der Waals surface area contributed by atoms with Gasteiger partial charge in [-0.15, -0.1) is 0 Å². The van der Waals surface area contributed by atoms with Gasteiger partial charge in [0.2, 0.25) is 11.0 Å². The molecule has 0 bridgehead atoms. The fourth-order valence-electron chi connectivity index (χ4n) is 2.87. The van der Waals surface area contributed by atoms with Crippen LogP contribution in [0.25, 0.3) is 0 Å². The van der Waals surface area contributed by atoms with E-state index in [0.717, 1.165) is 12.2 Å². The molecule has 2 aliphatic rings. The summed E-state index contributed by atoms with van der Waals surface area (Å²) in [6.45, 7) is 2.16. The third-order valence-corrected chi connectivity index (χ3v) is 5.25. The normalized spacial score (nSPS) is 27.4. The predicted molar refractivity (Wildman–Crippen MR) is 82.4 cm³/mol. The maximum Gasteiger partial charge on any atom is 0.230 e. The van der Waals surface area contributed by atoms with E-state index in [1.807, 2.05) is 18.2 Å². The molecule has 2 aliphatic carbocycles. The molecule has 2 saturated carbocycles. The van der Waals surface area contributed by atoms with Gasteiger partial charge in [-0.05, 0) is 24.8 Å². The first-order valence-electron chi connectivity index (χ1n) is 7.37. The van der Waals surface area contributed by atoms with Crippen LogP contribution in [0.4, 0.5) is 5.13 Å². The minimum Gasteiger partial charge on any atom is -0.300 e. The minimum absolute atomic E-state index is 0.0324. The van der Waals surface area contributed by atoms with Gasteiger partial charge in [0, 0.05) is 28.8 Å². The van der Waals surface area contributed by atoms with Crippen molar-refractivity contribution in [3.05, 3.63) is 41.7 Å². The van der Waals surface area contributed by atoms with E-state index in [0.29, 0.717) is 11.0 Å². The van der Waals surface area contributed by atoms with E-state index in [1.165, 1.54) is 29.9 Å². The van der Waals surface area contributed by atoms with Crippen LogP contribution in [-0.4, -0.2) is 15.3 Å². The number of anilines is 1. The highest BCUT2D eigenvalue weighted by molar-refractivity contribution is 7.09. The van der Waals surface area contributed by atoms with Crippen molar-refractivity contribution in [1.29, 1.82) is 0 Å². The summed E-state index contributed by atoms with van der Waals surface area (Å²) in [5.41, 5.74) is 1.20. The molecule has 2 atom stereocenters. The molecule has 4 nitrogen and oxygen atoms in total. The van der Waals surface area contributed by atoms with Crippen molar-refractivity contribution in [2.24, 2.45) is 5.92 Å². The highest BCUT2D eigenvalue weighted by Crippen LogP contribution is 2.54. The minimum atomic E-state index is -0.0324. The van der Waals surface area contributed by atoms with E-state index >= 15 is 0 Å². The summed E-state index contributed by atoms with van der Waals surface area (Å²) >= 11 is 1.29. The molecule has 0 aliphatic heterocycles. The molecule has 1 aromatic heterocycles. The molecule has 2 aromatic rings. The number of nitrogens with zero attached hydrogens (tertiary/aromatic N) is 2. The maximum atomic E-state index is 12.4. The van der Waals surface area contributed by atoms with E-state index in [2.05, 4.69) is 33.7 Å². The summed E-state index contributed by atoms with van der Waals surface area (Å²) in [5.74, 6) is 1.53. The highest BCUT2D eigenvalue weighted by atomic mass is 32.1. The fraction of sp³-hybridized carbons (Fsp3) is 0.438. The smallest absolute Gasteiger partial charge is 0.230 e. The molecule has 2 unspecified atom stereocenters. The molecule has 5 heteroatoms. The lowest BCUT2D eigenvalue weighted by Crippen LogP contribution is -2.19. The van der Waals surface area contributed by atoms with Crippen molar-refractivity contribution >= 4 is 22.6 Å². The summed E-state index contributed by atoms with van der Waals surface area (Å²) in [6.07, 6.45) is 3.26. The van der Waals surface area contributed by atoms with Gasteiger partial charge < -0.3 is 5.32 Å². The molecule has 0 spiro atoms. The van der Waals surface area contributed by atoms with Crippen LogP contribution in [0.1, 0.15) is 43.5 Å². The van der Waals surface area contributed by atoms with Crippen LogP contribution >= 0.6 is 11.5 Å². The number of amides is 1. The molecule has 1 aromatic carbocycles. The quantitative estimate of drug-likeness (QED) is 0.942. The van der Waals surface area contributed by atoms with Crippen molar-refractivity contribution < 1.29 is 4.79 Å². The van der Waals surface area contributed by atoms with Gasteiger partial charge in [-0.3, -0.25) is 4.79 Å². The summed E-state index contributed by atoms with van der Waals surface area (Å²) in [7, 11) is 0. The number of nitrogens with one attached hydrogen (secondary N) is 1. The predicted octanol–water partition coefficient (Wildman–Crippen LogP) is 3.33. The maximum absolute atomic E-state index is 12.4. The van der Waals surface area contributed by atoms with Gasteiger partial charge in [0.05, 0.1) is 0 Å². The molecule has 108 valence electrons. The molecule has 2 fully saturated rings. The standard InChI is InChI=1S/C16H17N3OS/c1-16(11-5-3-2-4-6-11)9-12(16)14(20)18-15-17-13(19-21-15)10-7-8-10/h2-6,10,12H,7-9H2,1H3,(H,17,18,19,20). The first-order chi connectivity index (χ1) is 10.2. The lowest BCUT2D eigenvalue weighted by Gasteiger charge is -2.11. The Morgan fingerprint density at radius 2 is 2.10 bits per heavy atom. The number of aromatic nitrogens is 2. The van der Waals surface area contributed by atoms with Gasteiger partial charge in [0.1, 0.15) is 5.82 Å². The Labute approximate surface area is 127 Å². The first-order valence-corrected chi connectivity index (χ1v) is 8.14. The lowest BCUT2D eigenvalue weighted by molar-refractivity contribution is -0.117. The van der Waals surface area contributed by atoms with Crippen LogP contribution in [0.15, 0.2) is 30.3 Å². The average Bonchev–Trinajstić information content (AvgIpc) is 3.41. The third-order valence-electron chi connectivity index (χ3n) is 4.60. The number of carbonyl (C=O) groups excluding carboxylic acids is 1. The van der Waals surface area contributed by atoms with Crippen molar-refractivity contribution in [1.82, 2.24) is 9.36 Å². The zero-order valence-corrected chi connectivity index (χ0v) is 12.7. The highest BCUT2D eigenvalue weighted by Gasteiger charge is 2.55. The van der Waals surface area contributed by atoms with Crippen LogP contribution in [0, 0.1) is 5.92 Å². The van der Waals surface area contributed by atoms with Crippen LogP contribution in [0.3, 0.4) is 0 Å². The number of carbonyl (C=O) groups is 1. The molecule has 1 amide bonds. The van der Waals surface area contributed by atoms with E-state index in [1.54, 1.807) is 0 Å². The summed E-state index contributed by atoms with van der Waals surface area (Å²) in [5, 5.41) is 3.58. The zero-order valence-electron chi connectivity index (χ0n) is 11.9. The van der Waals surface area contributed by atoms with E-state index in [4.69, 9.17) is 0 Å². The molecule has 0 saturated heterocycles. The molecule has 21 heavy (non-hydrogen) atoms. The zero-order chi connectivity index (χ0) is 14.4. The second kappa shape index (κ2) is 4.63. The van der Waals surface area contributed by atoms with Gasteiger partial charge in [-0.1, -0.05) is 37.3 Å². The number of hydrogen-bond acceptors (Lipinski definition) is 4. The number of rotatable bonds is 4. The SMILES string of the molecule is CC1(c2ccccc2)CC1C(=O)Nc1nc(C2CC2)ns1. The van der Waals surface area contributed by atoms with Crippen LogP contribution < -0.4 is 5.32 Å². The topological polar surface area (TPSA) is 54.9 Å². The first kappa shape index (κ1) is 13.0. The Morgan fingerprint density at radius 3 is 2.81 bits per heavy atom. The molecule has 1 N–H and O–H groups in total. The Kier molecular flexibility index (Phi) is 2.85. The Morgan fingerprint density at radius 1 is 1.33 bits per heavy atom. The monoisotopic (exact) mass is 299 g/mol. The van der Waals surface area contributed by atoms with Crippen LogP contribution in [0.5, 0.6) is 0 Å². The summed E-state index contributed by atoms with van der Waals surface area (Å²) in [4.78, 5) is 16.8. The Bertz CT molecular complexity index is 680. The second-order valence-electron chi connectivity index (χ2n) is 6.26. The van der Waals surface area contributed by atoms with Gasteiger partial charge >= 0.3 is 0 Å². The van der Waals surface area contributed by atoms with Crippen molar-refractivity contribution in [3.8, 4) is 0 Å². The van der Waals surface area contributed by atoms with Gasteiger partial charge in [-0.2, -0.15) is 4.37 Å². The lowest BCUT2D eigenvalue weighted by atomic mass is 9.95. The summed E-state index contributed by atoms with van der Waals surface area (Å²) in [6, 6.07) is 10.3. The van der Waals surface area contributed by atoms with Crippen molar-refractivity contribution in [3.63, 3.8) is 0 Å². The third kappa shape index (κ3) is 2.35. The van der Waals surface area contributed by atoms with Gasteiger partial charge in [-0.25, -0.2) is 4.98 Å². The largest absolute Gasteiger partial charge is 0.300 e. The molecular formula is C16H17N3OS. The summed E-state index contributed by atoms with van der Waals surface area (Å²) < 4.78 is 4.32.